The minimum atomic E-state index is -1.76. The number of amides is 9. The fourth-order valence-electron chi connectivity index (χ4n) is 7.85. The maximum absolute atomic E-state index is 14.0. The zero-order valence-electron chi connectivity index (χ0n) is 41.2. The molecule has 402 valence electrons. The van der Waals surface area contributed by atoms with Crippen LogP contribution in [0.15, 0.2) is 0 Å². The highest BCUT2D eigenvalue weighted by molar-refractivity contribution is 5.99. The van der Waals surface area contributed by atoms with Crippen molar-refractivity contribution in [2.24, 2.45) is 23.3 Å². The van der Waals surface area contributed by atoms with Gasteiger partial charge >= 0.3 is 5.97 Å². The molecule has 12 atom stereocenters. The Morgan fingerprint density at radius 1 is 0.606 bits per heavy atom. The maximum atomic E-state index is 14.0. The van der Waals surface area contributed by atoms with E-state index >= 15 is 0 Å². The van der Waals surface area contributed by atoms with Crippen molar-refractivity contribution >= 4 is 65.1 Å². The summed E-state index contributed by atoms with van der Waals surface area (Å²) < 4.78 is 0. The Bertz CT molecular complexity index is 1920. The molecule has 2 aliphatic rings. The van der Waals surface area contributed by atoms with Crippen LogP contribution in [0.4, 0.5) is 0 Å². The lowest BCUT2D eigenvalue weighted by Crippen LogP contribution is -2.63. The van der Waals surface area contributed by atoms with Crippen molar-refractivity contribution in [3.05, 3.63) is 0 Å². The summed E-state index contributed by atoms with van der Waals surface area (Å²) in [5.74, 6) is -10.9. The highest BCUT2D eigenvalue weighted by Gasteiger charge is 2.44. The van der Waals surface area contributed by atoms with E-state index in [0.717, 1.165) is 13.8 Å². The molecule has 0 bridgehead atoms. The average Bonchev–Trinajstić information content (AvgIpc) is 4.00. The van der Waals surface area contributed by atoms with Gasteiger partial charge in [-0.05, 0) is 71.1 Å². The molecule has 2 fully saturated rings. The topological polar surface area (TPSA) is 450 Å². The number of carboxylic acid groups (broad SMARTS) is 1. The zero-order chi connectivity index (χ0) is 54.0. The van der Waals surface area contributed by atoms with Gasteiger partial charge in [0, 0.05) is 19.6 Å². The van der Waals surface area contributed by atoms with Crippen LogP contribution >= 0.6 is 0 Å². The molecule has 28 nitrogen and oxygen atoms in total. The third-order valence-corrected chi connectivity index (χ3v) is 12.0. The number of rotatable bonds is 27. The summed E-state index contributed by atoms with van der Waals surface area (Å²) in [5.41, 5.74) is 11.1. The van der Waals surface area contributed by atoms with E-state index in [1.807, 2.05) is 0 Å². The van der Waals surface area contributed by atoms with Crippen molar-refractivity contribution < 1.29 is 73.5 Å². The van der Waals surface area contributed by atoms with Gasteiger partial charge in [0.15, 0.2) is 5.96 Å². The van der Waals surface area contributed by atoms with Gasteiger partial charge in [-0.2, -0.15) is 0 Å². The fraction of sp³-hybridized carbons (Fsp3) is 0.744. The number of carbonyl (C=O) groups is 10. The number of carbonyl (C=O) groups excluding carboxylic acids is 9. The lowest BCUT2D eigenvalue weighted by Gasteiger charge is -2.33. The molecular formula is C43H75N13O15. The van der Waals surface area contributed by atoms with Crippen LogP contribution in [0.1, 0.15) is 87.0 Å². The second kappa shape index (κ2) is 28.6. The van der Waals surface area contributed by atoms with E-state index in [1.165, 1.54) is 30.6 Å². The Kier molecular flexibility index (Phi) is 24.5. The average molecular weight is 1010 g/mol. The Morgan fingerprint density at radius 3 is 1.56 bits per heavy atom. The van der Waals surface area contributed by atoms with Crippen LogP contribution in [0.2, 0.25) is 0 Å². The van der Waals surface area contributed by atoms with Gasteiger partial charge in [-0.15, -0.1) is 0 Å². The van der Waals surface area contributed by atoms with Crippen LogP contribution in [0.3, 0.4) is 0 Å². The quantitative estimate of drug-likeness (QED) is 0.0207. The molecule has 71 heavy (non-hydrogen) atoms. The number of nitrogens with two attached hydrogens (primary N) is 2. The molecule has 0 aromatic rings. The van der Waals surface area contributed by atoms with Gasteiger partial charge in [-0.1, -0.05) is 27.7 Å². The second-order valence-corrected chi connectivity index (χ2v) is 18.4. The first kappa shape index (κ1) is 60.9. The SMILES string of the molecule is CC(C)[C@H](NC(=O)[C@@H](NC(=O)[C@H](C)NC(=O)[C@@H](NC(=O)[C@H](CCCNC(=N)N)NC(=O)[C@@H](NC(=O)[C@@H]1CCCN1C(=O)[C@@H]1CCCN1C(=O)[C@@H](N)CO)C(C)C)[C@@H](C)O)[C@@H](C)O)C(=O)N[C@@H](CO)C(=O)O. The van der Waals surface area contributed by atoms with Crippen molar-refractivity contribution in [3.63, 3.8) is 0 Å². The van der Waals surface area contributed by atoms with Gasteiger partial charge < -0.3 is 89.3 Å². The summed E-state index contributed by atoms with van der Waals surface area (Å²) in [4.78, 5) is 135. The molecule has 0 spiro atoms. The highest BCUT2D eigenvalue weighted by atomic mass is 16.4. The molecule has 9 amide bonds. The molecule has 2 heterocycles. The smallest absolute Gasteiger partial charge is 0.328 e. The first-order valence-electron chi connectivity index (χ1n) is 23.6. The summed E-state index contributed by atoms with van der Waals surface area (Å²) in [7, 11) is 0. The third kappa shape index (κ3) is 17.8. The number of guanidine groups is 1. The standard InChI is InChI=1S/C43H75N13O15/c1-19(2)29(51-35(63)27-12-9-15-55(27)41(69)28-13-10-16-56(28)40(68)24(44)17-57)36(64)49-25(11-8-14-47-43(45)46)34(62)54-31(22(6)59)38(66)48-21(5)33(61)53-32(23(7)60)39(67)52-30(20(3)4)37(65)50-26(18-58)42(70)71/h19-32,57-60H,8-18,44H2,1-7H3,(H,48,66)(H,49,64)(H,50,65)(H,51,63)(H,52,67)(H,53,61)(H,54,62)(H,70,71)(H4,45,46,47)/t21-,22+,23+,24-,25-,26-,27-,28-,29-,30-,31-,32-/m0/s1. The first-order chi connectivity index (χ1) is 33.2. The van der Waals surface area contributed by atoms with Gasteiger partial charge in [-0.25, -0.2) is 4.79 Å². The summed E-state index contributed by atoms with van der Waals surface area (Å²) in [5, 5.41) is 75.7. The highest BCUT2D eigenvalue weighted by Crippen LogP contribution is 2.26. The molecule has 2 saturated heterocycles. The number of aliphatic hydroxyl groups is 4. The molecule has 2 rings (SSSR count). The largest absolute Gasteiger partial charge is 0.480 e. The second-order valence-electron chi connectivity index (χ2n) is 18.4. The normalized spacial score (nSPS) is 19.9. The fourth-order valence-corrected chi connectivity index (χ4v) is 7.85. The van der Waals surface area contributed by atoms with Gasteiger partial charge in [-0.3, -0.25) is 48.6 Å². The van der Waals surface area contributed by atoms with Crippen molar-refractivity contribution in [1.29, 1.82) is 5.41 Å². The number of aliphatic hydroxyl groups excluding tert-OH is 4. The predicted molar refractivity (Wildman–Crippen MR) is 251 cm³/mol. The van der Waals surface area contributed by atoms with E-state index in [0.29, 0.717) is 19.3 Å². The van der Waals surface area contributed by atoms with E-state index < -0.39 is 157 Å². The van der Waals surface area contributed by atoms with Crippen molar-refractivity contribution in [3.8, 4) is 0 Å². The molecule has 0 aromatic heterocycles. The van der Waals surface area contributed by atoms with E-state index in [1.54, 1.807) is 13.8 Å². The number of nitrogens with zero attached hydrogens (tertiary/aromatic N) is 2. The Labute approximate surface area is 411 Å². The van der Waals surface area contributed by atoms with Crippen molar-refractivity contribution in [1.82, 2.24) is 52.3 Å². The Morgan fingerprint density at radius 2 is 1.07 bits per heavy atom. The summed E-state index contributed by atoms with van der Waals surface area (Å²) >= 11 is 0. The number of nitrogens with one attached hydrogen (secondary N) is 9. The minimum Gasteiger partial charge on any atom is -0.480 e. The zero-order valence-corrected chi connectivity index (χ0v) is 41.2. The maximum Gasteiger partial charge on any atom is 0.328 e. The van der Waals surface area contributed by atoms with Gasteiger partial charge in [0.1, 0.15) is 60.4 Å². The van der Waals surface area contributed by atoms with Gasteiger partial charge in [0.25, 0.3) is 0 Å². The third-order valence-electron chi connectivity index (χ3n) is 12.0. The van der Waals surface area contributed by atoms with E-state index in [4.69, 9.17) is 16.9 Å². The molecular weight excluding hydrogens is 939 g/mol. The van der Waals surface area contributed by atoms with Crippen LogP contribution in [0, 0.1) is 17.2 Å². The van der Waals surface area contributed by atoms with Crippen molar-refractivity contribution in [2.75, 3.05) is 32.8 Å². The van der Waals surface area contributed by atoms with Crippen LogP contribution in [-0.4, -0.2) is 206 Å². The van der Waals surface area contributed by atoms with E-state index in [2.05, 4.69) is 42.5 Å². The van der Waals surface area contributed by atoms with Crippen LogP contribution in [0.25, 0.3) is 0 Å². The first-order valence-corrected chi connectivity index (χ1v) is 23.6. The minimum absolute atomic E-state index is 0.0689. The number of hydrogen-bond donors (Lipinski definition) is 16. The van der Waals surface area contributed by atoms with Crippen LogP contribution in [0.5, 0.6) is 0 Å². The van der Waals surface area contributed by atoms with Gasteiger partial charge in [0.05, 0.1) is 25.4 Å². The molecule has 0 radical (unpaired) electrons. The Balaban J connectivity index is 2.24. The number of hydrogen-bond acceptors (Lipinski definition) is 16. The number of likely N-dealkylation sites (tertiary alicyclic amines) is 2. The molecule has 0 saturated carbocycles. The molecule has 18 N–H and O–H groups in total. The summed E-state index contributed by atoms with van der Waals surface area (Å²) in [6, 6.07) is -13.9. The van der Waals surface area contributed by atoms with Crippen LogP contribution in [-0.2, 0) is 47.9 Å². The Hall–Kier alpha value is -6.23. The monoisotopic (exact) mass is 1010 g/mol. The summed E-state index contributed by atoms with van der Waals surface area (Å²) in [6.07, 6.45) is -1.69. The molecule has 0 aromatic carbocycles. The lowest BCUT2D eigenvalue weighted by molar-refractivity contribution is -0.147. The molecule has 0 unspecified atom stereocenters. The van der Waals surface area contributed by atoms with E-state index in [9.17, 15) is 73.5 Å². The summed E-state index contributed by atoms with van der Waals surface area (Å²) in [6.45, 7) is 8.72. The van der Waals surface area contributed by atoms with Crippen LogP contribution < -0.4 is 54.0 Å². The van der Waals surface area contributed by atoms with Crippen molar-refractivity contribution in [2.45, 2.75) is 160 Å². The predicted octanol–water partition coefficient (Wildman–Crippen LogP) is -6.88. The molecule has 28 heteroatoms. The number of carboxylic acids is 1. The molecule has 0 aliphatic carbocycles. The van der Waals surface area contributed by atoms with E-state index in [-0.39, 0.29) is 44.9 Å². The lowest BCUT2D eigenvalue weighted by atomic mass is 10.0. The molecule has 2 aliphatic heterocycles. The number of aliphatic carboxylic acids is 1. The van der Waals surface area contributed by atoms with Gasteiger partial charge in [0.2, 0.25) is 53.2 Å².